The van der Waals surface area contributed by atoms with Crippen LogP contribution in [0.4, 0.5) is 0 Å². The second kappa shape index (κ2) is 5.74. The van der Waals surface area contributed by atoms with Crippen molar-refractivity contribution >= 4 is 5.97 Å². The molecule has 5 heteroatoms. The summed E-state index contributed by atoms with van der Waals surface area (Å²) < 4.78 is 1.88. The van der Waals surface area contributed by atoms with E-state index in [1.54, 1.807) is 6.20 Å². The van der Waals surface area contributed by atoms with Gasteiger partial charge in [-0.2, -0.15) is 5.10 Å². The van der Waals surface area contributed by atoms with Gasteiger partial charge in [0.05, 0.1) is 5.41 Å². The molecule has 0 amide bonds. The van der Waals surface area contributed by atoms with Gasteiger partial charge < -0.3 is 10.0 Å². The number of carboxylic acids is 1. The van der Waals surface area contributed by atoms with Gasteiger partial charge in [0.15, 0.2) is 0 Å². The van der Waals surface area contributed by atoms with E-state index >= 15 is 0 Å². The van der Waals surface area contributed by atoms with Crippen molar-refractivity contribution in [1.82, 2.24) is 14.7 Å². The van der Waals surface area contributed by atoms with E-state index in [-0.39, 0.29) is 0 Å². The highest BCUT2D eigenvalue weighted by atomic mass is 16.4. The lowest BCUT2D eigenvalue weighted by atomic mass is 9.77. The fraction of sp³-hybridized carbons (Fsp3) is 0.714. The van der Waals surface area contributed by atoms with Crippen LogP contribution in [0, 0.1) is 5.41 Å². The smallest absolute Gasteiger partial charge is 0.310 e. The van der Waals surface area contributed by atoms with E-state index in [0.29, 0.717) is 13.0 Å². The Labute approximate surface area is 114 Å². The minimum Gasteiger partial charge on any atom is -0.481 e. The summed E-state index contributed by atoms with van der Waals surface area (Å²) in [6.45, 7) is 4.58. The van der Waals surface area contributed by atoms with Crippen molar-refractivity contribution in [2.45, 2.75) is 32.6 Å². The van der Waals surface area contributed by atoms with Gasteiger partial charge in [0.25, 0.3) is 0 Å². The van der Waals surface area contributed by atoms with E-state index in [1.165, 1.54) is 5.69 Å². The summed E-state index contributed by atoms with van der Waals surface area (Å²) in [6, 6.07) is 2.02. The molecular weight excluding hydrogens is 242 g/mol. The molecule has 1 fully saturated rings. The van der Waals surface area contributed by atoms with E-state index in [0.717, 1.165) is 32.4 Å². The first-order chi connectivity index (χ1) is 9.07. The number of hydrogen-bond acceptors (Lipinski definition) is 3. The molecule has 1 aliphatic heterocycles. The van der Waals surface area contributed by atoms with Gasteiger partial charge in [0.2, 0.25) is 0 Å². The predicted molar refractivity (Wildman–Crippen MR) is 72.9 cm³/mol. The van der Waals surface area contributed by atoms with Gasteiger partial charge in [-0.25, -0.2) is 0 Å². The lowest BCUT2D eigenvalue weighted by molar-refractivity contribution is -0.152. The van der Waals surface area contributed by atoms with E-state index in [1.807, 2.05) is 24.7 Å². The van der Waals surface area contributed by atoms with Crippen LogP contribution in [0.2, 0.25) is 0 Å². The van der Waals surface area contributed by atoms with Crippen molar-refractivity contribution in [3.8, 4) is 0 Å². The molecule has 2 rings (SSSR count). The summed E-state index contributed by atoms with van der Waals surface area (Å²) >= 11 is 0. The zero-order valence-corrected chi connectivity index (χ0v) is 11.8. The Bertz CT molecular complexity index is 444. The van der Waals surface area contributed by atoms with E-state index in [4.69, 9.17) is 0 Å². The van der Waals surface area contributed by atoms with Crippen LogP contribution in [0.15, 0.2) is 12.3 Å². The Morgan fingerprint density at radius 2 is 2.37 bits per heavy atom. The number of aliphatic carboxylic acids is 1. The zero-order valence-electron chi connectivity index (χ0n) is 11.8. The Balaban J connectivity index is 1.94. The second-order valence-electron chi connectivity index (χ2n) is 5.51. The molecule has 0 aromatic carbocycles. The highest BCUT2D eigenvalue weighted by Crippen LogP contribution is 2.33. The van der Waals surface area contributed by atoms with E-state index < -0.39 is 11.4 Å². The summed E-state index contributed by atoms with van der Waals surface area (Å²) in [6.07, 6.45) is 5.23. The monoisotopic (exact) mass is 265 g/mol. The second-order valence-corrected chi connectivity index (χ2v) is 5.51. The number of piperidine rings is 1. The highest BCUT2D eigenvalue weighted by Gasteiger charge is 2.40. The number of rotatable bonds is 5. The molecule has 1 N–H and O–H groups in total. The van der Waals surface area contributed by atoms with Crippen molar-refractivity contribution in [3.05, 3.63) is 18.0 Å². The number of nitrogens with zero attached hydrogens (tertiary/aromatic N) is 3. The van der Waals surface area contributed by atoms with Crippen molar-refractivity contribution in [2.75, 3.05) is 19.6 Å². The zero-order chi connectivity index (χ0) is 13.9. The van der Waals surface area contributed by atoms with E-state index in [2.05, 4.69) is 10.00 Å². The Kier molecular flexibility index (Phi) is 4.24. The minimum absolute atomic E-state index is 0.537. The summed E-state index contributed by atoms with van der Waals surface area (Å²) in [5.74, 6) is -0.639. The predicted octanol–water partition coefficient (Wildman–Crippen LogP) is 1.54. The van der Waals surface area contributed by atoms with Crippen LogP contribution < -0.4 is 0 Å². The van der Waals surface area contributed by atoms with Gasteiger partial charge in [-0.1, -0.05) is 6.92 Å². The van der Waals surface area contributed by atoms with Gasteiger partial charge in [0.1, 0.15) is 0 Å². The van der Waals surface area contributed by atoms with Crippen LogP contribution in [0.25, 0.3) is 0 Å². The highest BCUT2D eigenvalue weighted by molar-refractivity contribution is 5.75. The van der Waals surface area contributed by atoms with Crippen molar-refractivity contribution in [2.24, 2.45) is 12.5 Å². The van der Waals surface area contributed by atoms with Crippen LogP contribution in [0.5, 0.6) is 0 Å². The normalized spacial score (nSPS) is 24.5. The van der Waals surface area contributed by atoms with Crippen molar-refractivity contribution < 1.29 is 9.90 Å². The summed E-state index contributed by atoms with van der Waals surface area (Å²) in [4.78, 5) is 13.8. The standard InChI is InChI=1S/C14H23N3O2/c1-3-14(13(18)19)7-4-9-17(11-14)10-6-12-5-8-15-16(12)2/h5,8H,3-4,6-7,9-11H2,1-2H3,(H,18,19). The number of aryl methyl sites for hydroxylation is 1. The Hall–Kier alpha value is -1.36. The molecule has 0 saturated carbocycles. The van der Waals surface area contributed by atoms with Crippen LogP contribution in [-0.4, -0.2) is 45.4 Å². The molecule has 19 heavy (non-hydrogen) atoms. The van der Waals surface area contributed by atoms with E-state index in [9.17, 15) is 9.90 Å². The van der Waals surface area contributed by atoms with Crippen molar-refractivity contribution in [3.63, 3.8) is 0 Å². The summed E-state index contributed by atoms with van der Waals surface area (Å²) in [5.41, 5.74) is 0.660. The number of likely N-dealkylation sites (tertiary alicyclic amines) is 1. The number of hydrogen-bond donors (Lipinski definition) is 1. The molecule has 1 saturated heterocycles. The first-order valence-electron chi connectivity index (χ1n) is 7.00. The third kappa shape index (κ3) is 2.97. The molecule has 0 aliphatic carbocycles. The molecule has 1 unspecified atom stereocenters. The third-order valence-corrected chi connectivity index (χ3v) is 4.39. The first-order valence-corrected chi connectivity index (χ1v) is 7.00. The number of carbonyl (C=O) groups is 1. The van der Waals surface area contributed by atoms with Gasteiger partial charge in [0, 0.05) is 38.4 Å². The summed E-state index contributed by atoms with van der Waals surface area (Å²) in [5, 5.41) is 13.6. The largest absolute Gasteiger partial charge is 0.481 e. The molecule has 1 atom stereocenters. The molecule has 0 bridgehead atoms. The van der Waals surface area contributed by atoms with Crippen LogP contribution >= 0.6 is 0 Å². The molecule has 1 aliphatic rings. The Morgan fingerprint density at radius 3 is 2.95 bits per heavy atom. The maximum absolute atomic E-state index is 11.5. The quantitative estimate of drug-likeness (QED) is 0.877. The molecule has 0 spiro atoms. The molecule has 2 heterocycles. The molecule has 1 aromatic heterocycles. The first kappa shape index (κ1) is 14.1. The van der Waals surface area contributed by atoms with Gasteiger partial charge in [-0.15, -0.1) is 0 Å². The molecule has 106 valence electrons. The summed E-state index contributed by atoms with van der Waals surface area (Å²) in [7, 11) is 1.94. The van der Waals surface area contributed by atoms with Crippen molar-refractivity contribution in [1.29, 1.82) is 0 Å². The number of aromatic nitrogens is 2. The molecule has 0 radical (unpaired) electrons. The lowest BCUT2D eigenvalue weighted by Gasteiger charge is -2.39. The molecular formula is C14H23N3O2. The fourth-order valence-electron chi connectivity index (χ4n) is 2.95. The van der Waals surface area contributed by atoms with Gasteiger partial charge in [-0.05, 0) is 31.9 Å². The SMILES string of the molecule is CCC1(C(=O)O)CCCN(CCc2ccnn2C)C1. The van der Waals surface area contributed by atoms with Crippen LogP contribution in [-0.2, 0) is 18.3 Å². The van der Waals surface area contributed by atoms with Crippen LogP contribution in [0.1, 0.15) is 31.9 Å². The van der Waals surface area contributed by atoms with Gasteiger partial charge in [-0.3, -0.25) is 9.48 Å². The topological polar surface area (TPSA) is 58.4 Å². The third-order valence-electron chi connectivity index (χ3n) is 4.39. The number of carboxylic acid groups (broad SMARTS) is 1. The average Bonchev–Trinajstić information content (AvgIpc) is 2.82. The maximum Gasteiger partial charge on any atom is 0.310 e. The fourth-order valence-corrected chi connectivity index (χ4v) is 2.95. The van der Waals surface area contributed by atoms with Gasteiger partial charge >= 0.3 is 5.97 Å². The Morgan fingerprint density at radius 1 is 1.58 bits per heavy atom. The average molecular weight is 265 g/mol. The molecule has 5 nitrogen and oxygen atoms in total. The maximum atomic E-state index is 11.5. The van der Waals surface area contributed by atoms with Crippen LogP contribution in [0.3, 0.4) is 0 Å². The minimum atomic E-state index is -0.639. The lowest BCUT2D eigenvalue weighted by Crippen LogP contribution is -2.48. The molecule has 1 aromatic rings.